The van der Waals surface area contributed by atoms with Crippen LogP contribution >= 0.6 is 0 Å². The van der Waals surface area contributed by atoms with Crippen molar-refractivity contribution in [1.82, 2.24) is 0 Å². The first kappa shape index (κ1) is 12.9. The SMILES string of the molecule is CC1Cc2ccccc2N1c1ccc(N)cc1C(F)F. The van der Waals surface area contributed by atoms with Crippen LogP contribution in [0.3, 0.4) is 0 Å². The summed E-state index contributed by atoms with van der Waals surface area (Å²) in [7, 11) is 0. The van der Waals surface area contributed by atoms with E-state index in [-0.39, 0.29) is 11.6 Å². The zero-order valence-corrected chi connectivity index (χ0v) is 11.2. The number of nitrogen functional groups attached to an aromatic ring is 1. The summed E-state index contributed by atoms with van der Waals surface area (Å²) in [5.74, 6) is 0. The molecular weight excluding hydrogens is 258 g/mol. The van der Waals surface area contributed by atoms with Gasteiger partial charge in [0.15, 0.2) is 0 Å². The molecule has 2 aromatic rings. The van der Waals surface area contributed by atoms with Crippen LogP contribution in [-0.2, 0) is 6.42 Å². The Morgan fingerprint density at radius 2 is 1.90 bits per heavy atom. The lowest BCUT2D eigenvalue weighted by Gasteiger charge is -2.27. The van der Waals surface area contributed by atoms with Crippen LogP contribution in [0.4, 0.5) is 25.8 Å². The first-order valence-corrected chi connectivity index (χ1v) is 6.62. The van der Waals surface area contributed by atoms with Crippen molar-refractivity contribution in [2.45, 2.75) is 25.8 Å². The average Bonchev–Trinajstić information content (AvgIpc) is 2.74. The number of nitrogens with zero attached hydrogens (tertiary/aromatic N) is 1. The highest BCUT2D eigenvalue weighted by Gasteiger charge is 2.29. The number of halogens is 2. The maximum absolute atomic E-state index is 13.3. The van der Waals surface area contributed by atoms with Crippen molar-refractivity contribution >= 4 is 17.1 Å². The third-order valence-corrected chi connectivity index (χ3v) is 3.75. The number of para-hydroxylation sites is 1. The van der Waals surface area contributed by atoms with E-state index in [2.05, 4.69) is 0 Å². The molecule has 0 saturated carbocycles. The second-order valence-corrected chi connectivity index (χ2v) is 5.17. The third-order valence-electron chi connectivity index (χ3n) is 3.75. The van der Waals surface area contributed by atoms with Crippen LogP contribution in [0.15, 0.2) is 42.5 Å². The molecule has 0 spiro atoms. The minimum atomic E-state index is -2.53. The molecule has 1 heterocycles. The molecule has 104 valence electrons. The zero-order valence-electron chi connectivity index (χ0n) is 11.2. The number of anilines is 3. The smallest absolute Gasteiger partial charge is 0.265 e. The average molecular weight is 274 g/mol. The van der Waals surface area contributed by atoms with Gasteiger partial charge in [0.05, 0.1) is 5.69 Å². The minimum absolute atomic E-state index is 0.00597. The molecule has 0 fully saturated rings. The summed E-state index contributed by atoms with van der Waals surface area (Å²) < 4.78 is 26.6. The number of hydrogen-bond acceptors (Lipinski definition) is 2. The molecule has 0 bridgehead atoms. The molecule has 0 aromatic heterocycles. The zero-order chi connectivity index (χ0) is 14.3. The highest BCUT2D eigenvalue weighted by Crippen LogP contribution is 2.42. The number of hydrogen-bond donors (Lipinski definition) is 1. The second kappa shape index (κ2) is 4.78. The molecule has 1 aliphatic rings. The summed E-state index contributed by atoms with van der Waals surface area (Å²) >= 11 is 0. The van der Waals surface area contributed by atoms with Gasteiger partial charge in [-0.2, -0.15) is 0 Å². The molecule has 0 aliphatic carbocycles. The molecule has 0 amide bonds. The summed E-state index contributed by atoms with van der Waals surface area (Å²) in [6.07, 6.45) is -1.67. The van der Waals surface area contributed by atoms with E-state index in [0.717, 1.165) is 12.1 Å². The summed E-state index contributed by atoms with van der Waals surface area (Å²) in [6, 6.07) is 12.8. The number of benzene rings is 2. The van der Waals surface area contributed by atoms with Crippen LogP contribution in [0.2, 0.25) is 0 Å². The predicted octanol–water partition coefficient (Wildman–Crippen LogP) is 4.29. The Labute approximate surface area is 116 Å². The molecule has 20 heavy (non-hydrogen) atoms. The quantitative estimate of drug-likeness (QED) is 0.828. The lowest BCUT2D eigenvalue weighted by molar-refractivity contribution is 0.152. The van der Waals surface area contributed by atoms with Gasteiger partial charge in [0, 0.05) is 23.0 Å². The van der Waals surface area contributed by atoms with Gasteiger partial charge in [0.1, 0.15) is 0 Å². The molecule has 4 heteroatoms. The minimum Gasteiger partial charge on any atom is -0.399 e. The number of fused-ring (bicyclic) bond motifs is 1. The Balaban J connectivity index is 2.14. The van der Waals surface area contributed by atoms with Crippen LogP contribution < -0.4 is 10.6 Å². The van der Waals surface area contributed by atoms with Crippen LogP contribution in [0.5, 0.6) is 0 Å². The van der Waals surface area contributed by atoms with Gasteiger partial charge in [-0.05, 0) is 43.2 Å². The lowest BCUT2D eigenvalue weighted by Crippen LogP contribution is -2.25. The second-order valence-electron chi connectivity index (χ2n) is 5.17. The third kappa shape index (κ3) is 2.01. The summed E-state index contributed by atoms with van der Waals surface area (Å²) in [5.41, 5.74) is 8.75. The molecule has 0 radical (unpaired) electrons. The van der Waals surface area contributed by atoms with E-state index in [4.69, 9.17) is 5.73 Å². The van der Waals surface area contributed by atoms with E-state index in [0.29, 0.717) is 11.4 Å². The van der Waals surface area contributed by atoms with Crippen LogP contribution in [0.1, 0.15) is 24.5 Å². The van der Waals surface area contributed by atoms with Crippen molar-refractivity contribution < 1.29 is 8.78 Å². The number of nitrogens with two attached hydrogens (primary N) is 1. The Bertz CT molecular complexity index is 640. The van der Waals surface area contributed by atoms with E-state index in [1.54, 1.807) is 12.1 Å². The monoisotopic (exact) mass is 274 g/mol. The first-order chi connectivity index (χ1) is 9.58. The van der Waals surface area contributed by atoms with E-state index < -0.39 is 6.43 Å². The lowest BCUT2D eigenvalue weighted by atomic mass is 10.1. The van der Waals surface area contributed by atoms with Gasteiger partial charge >= 0.3 is 0 Å². The summed E-state index contributed by atoms with van der Waals surface area (Å²) in [4.78, 5) is 1.98. The predicted molar refractivity (Wildman–Crippen MR) is 77.6 cm³/mol. The molecule has 2 aromatic carbocycles. The van der Waals surface area contributed by atoms with Crippen molar-refractivity contribution in [3.8, 4) is 0 Å². The van der Waals surface area contributed by atoms with E-state index in [1.165, 1.54) is 11.6 Å². The van der Waals surface area contributed by atoms with E-state index >= 15 is 0 Å². The summed E-state index contributed by atoms with van der Waals surface area (Å²) in [6.45, 7) is 2.05. The first-order valence-electron chi connectivity index (χ1n) is 6.62. The van der Waals surface area contributed by atoms with Gasteiger partial charge in [-0.25, -0.2) is 8.78 Å². The fourth-order valence-electron chi connectivity index (χ4n) is 2.90. The highest BCUT2D eigenvalue weighted by molar-refractivity contribution is 5.74. The maximum Gasteiger partial charge on any atom is 0.265 e. The molecule has 3 rings (SSSR count). The summed E-state index contributed by atoms with van der Waals surface area (Å²) in [5, 5.41) is 0. The largest absolute Gasteiger partial charge is 0.399 e. The maximum atomic E-state index is 13.3. The normalized spacial score (nSPS) is 17.6. The Morgan fingerprint density at radius 1 is 1.15 bits per heavy atom. The van der Waals surface area contributed by atoms with Crippen molar-refractivity contribution in [2.75, 3.05) is 10.6 Å². The fraction of sp³-hybridized carbons (Fsp3) is 0.250. The van der Waals surface area contributed by atoms with Crippen LogP contribution in [0, 0.1) is 0 Å². The van der Waals surface area contributed by atoms with Gasteiger partial charge in [0.25, 0.3) is 6.43 Å². The van der Waals surface area contributed by atoms with Gasteiger partial charge in [-0.15, -0.1) is 0 Å². The van der Waals surface area contributed by atoms with Crippen molar-refractivity contribution in [3.63, 3.8) is 0 Å². The van der Waals surface area contributed by atoms with Gasteiger partial charge in [-0.1, -0.05) is 18.2 Å². The Kier molecular flexibility index (Phi) is 3.08. The molecule has 1 unspecified atom stereocenters. The molecular formula is C16H16F2N2. The van der Waals surface area contributed by atoms with Gasteiger partial charge in [-0.3, -0.25) is 0 Å². The topological polar surface area (TPSA) is 29.3 Å². The Hall–Kier alpha value is -2.10. The number of rotatable bonds is 2. The van der Waals surface area contributed by atoms with Crippen molar-refractivity contribution in [3.05, 3.63) is 53.6 Å². The van der Waals surface area contributed by atoms with Crippen molar-refractivity contribution in [1.29, 1.82) is 0 Å². The van der Waals surface area contributed by atoms with Crippen molar-refractivity contribution in [2.24, 2.45) is 0 Å². The molecule has 2 N–H and O–H groups in total. The number of alkyl halides is 2. The standard InChI is InChI=1S/C16H16F2N2/c1-10-8-11-4-2-3-5-14(11)20(10)15-7-6-12(19)9-13(15)16(17)18/h2-7,9-10,16H,8,19H2,1H3. The molecule has 1 atom stereocenters. The highest BCUT2D eigenvalue weighted by atomic mass is 19.3. The molecule has 0 saturated heterocycles. The molecule has 2 nitrogen and oxygen atoms in total. The van der Waals surface area contributed by atoms with Crippen LogP contribution in [-0.4, -0.2) is 6.04 Å². The van der Waals surface area contributed by atoms with E-state index in [1.807, 2.05) is 36.1 Å². The fourth-order valence-corrected chi connectivity index (χ4v) is 2.90. The Morgan fingerprint density at radius 3 is 2.65 bits per heavy atom. The van der Waals surface area contributed by atoms with Gasteiger partial charge in [0.2, 0.25) is 0 Å². The molecule has 1 aliphatic heterocycles. The van der Waals surface area contributed by atoms with Crippen LogP contribution in [0.25, 0.3) is 0 Å². The van der Waals surface area contributed by atoms with Gasteiger partial charge < -0.3 is 10.6 Å². The van der Waals surface area contributed by atoms with E-state index in [9.17, 15) is 8.78 Å².